The lowest BCUT2D eigenvalue weighted by Crippen LogP contribution is -2.24. The highest BCUT2D eigenvalue weighted by Gasteiger charge is 2.14. The fraction of sp³-hybridized carbons (Fsp3) is 0.318. The van der Waals surface area contributed by atoms with Crippen molar-refractivity contribution in [3.05, 3.63) is 71.0 Å². The first-order valence-corrected chi connectivity index (χ1v) is 10.6. The summed E-state index contributed by atoms with van der Waals surface area (Å²) in [4.78, 5) is 12.2. The van der Waals surface area contributed by atoms with Crippen molar-refractivity contribution in [2.75, 3.05) is 5.75 Å². The fourth-order valence-electron chi connectivity index (χ4n) is 2.78. The van der Waals surface area contributed by atoms with Crippen LogP contribution >= 0.6 is 11.8 Å². The molecule has 0 saturated heterocycles. The zero-order valence-electron chi connectivity index (χ0n) is 17.0. The Bertz CT molecular complexity index is 957. The first kappa shape index (κ1) is 20.9. The van der Waals surface area contributed by atoms with Crippen molar-refractivity contribution in [2.45, 2.75) is 45.6 Å². The van der Waals surface area contributed by atoms with E-state index in [1.807, 2.05) is 60.0 Å². The van der Waals surface area contributed by atoms with Crippen LogP contribution in [0.25, 0.3) is 0 Å². The van der Waals surface area contributed by atoms with E-state index in [1.54, 1.807) is 0 Å². The molecule has 2 aromatic carbocycles. The minimum absolute atomic E-state index is 0.0302. The molecule has 3 rings (SSSR count). The minimum atomic E-state index is -0.0302. The third-order valence-corrected chi connectivity index (χ3v) is 5.59. The van der Waals surface area contributed by atoms with Gasteiger partial charge >= 0.3 is 0 Å². The van der Waals surface area contributed by atoms with Gasteiger partial charge in [0.1, 0.15) is 12.4 Å². The van der Waals surface area contributed by atoms with Gasteiger partial charge in [0.25, 0.3) is 0 Å². The largest absolute Gasteiger partial charge is 0.486 e. The second kappa shape index (κ2) is 10.1. The molecule has 6 nitrogen and oxygen atoms in total. The molecular formula is C22H26N4O2S. The Hall–Kier alpha value is -2.80. The van der Waals surface area contributed by atoms with Crippen molar-refractivity contribution in [3.63, 3.8) is 0 Å². The van der Waals surface area contributed by atoms with Gasteiger partial charge in [0.05, 0.1) is 5.75 Å². The Morgan fingerprint density at radius 1 is 1.10 bits per heavy atom. The monoisotopic (exact) mass is 410 g/mol. The van der Waals surface area contributed by atoms with E-state index in [2.05, 4.69) is 29.4 Å². The van der Waals surface area contributed by atoms with Crippen molar-refractivity contribution in [3.8, 4) is 5.75 Å². The Morgan fingerprint density at radius 3 is 2.62 bits per heavy atom. The number of benzene rings is 2. The molecule has 0 unspecified atom stereocenters. The van der Waals surface area contributed by atoms with Gasteiger partial charge in [-0.2, -0.15) is 0 Å². The number of rotatable bonds is 9. The highest BCUT2D eigenvalue weighted by atomic mass is 32.2. The summed E-state index contributed by atoms with van der Waals surface area (Å²) in [5, 5.41) is 12.1. The van der Waals surface area contributed by atoms with Gasteiger partial charge in [-0.05, 0) is 49.6 Å². The number of amides is 1. The predicted molar refractivity (Wildman–Crippen MR) is 115 cm³/mol. The molecule has 1 aromatic heterocycles. The van der Waals surface area contributed by atoms with Crippen LogP contribution in [0.1, 0.15) is 29.4 Å². The third-order valence-electron chi connectivity index (χ3n) is 4.62. The van der Waals surface area contributed by atoms with Crippen molar-refractivity contribution in [1.29, 1.82) is 0 Å². The van der Waals surface area contributed by atoms with E-state index in [9.17, 15) is 4.79 Å². The van der Waals surface area contributed by atoms with E-state index in [0.717, 1.165) is 22.3 Å². The van der Waals surface area contributed by atoms with E-state index >= 15 is 0 Å². The van der Waals surface area contributed by atoms with Gasteiger partial charge < -0.3 is 14.6 Å². The van der Waals surface area contributed by atoms with E-state index in [1.165, 1.54) is 22.9 Å². The van der Waals surface area contributed by atoms with Crippen molar-refractivity contribution in [1.82, 2.24) is 20.1 Å². The molecule has 0 saturated carbocycles. The van der Waals surface area contributed by atoms with Crippen LogP contribution in [0.5, 0.6) is 5.75 Å². The molecule has 0 aliphatic carbocycles. The molecule has 0 radical (unpaired) electrons. The quantitative estimate of drug-likeness (QED) is 0.542. The molecule has 0 spiro atoms. The van der Waals surface area contributed by atoms with Gasteiger partial charge in [-0.25, -0.2) is 0 Å². The van der Waals surface area contributed by atoms with Gasteiger partial charge in [0, 0.05) is 13.1 Å². The highest BCUT2D eigenvalue weighted by molar-refractivity contribution is 7.99. The van der Waals surface area contributed by atoms with Crippen LogP contribution in [-0.2, 0) is 24.5 Å². The average Bonchev–Trinajstić information content (AvgIpc) is 3.14. The minimum Gasteiger partial charge on any atom is -0.486 e. The first-order chi connectivity index (χ1) is 14.1. The Morgan fingerprint density at radius 2 is 1.90 bits per heavy atom. The molecule has 3 aromatic rings. The summed E-state index contributed by atoms with van der Waals surface area (Å²) >= 11 is 1.38. The molecule has 0 aliphatic rings. The van der Waals surface area contributed by atoms with Crippen LogP contribution in [0.2, 0.25) is 0 Å². The molecule has 1 heterocycles. The van der Waals surface area contributed by atoms with Gasteiger partial charge in [0.15, 0.2) is 11.0 Å². The maximum absolute atomic E-state index is 12.2. The van der Waals surface area contributed by atoms with Crippen LogP contribution in [-0.4, -0.2) is 26.4 Å². The second-order valence-electron chi connectivity index (χ2n) is 6.73. The Balaban J connectivity index is 1.53. The van der Waals surface area contributed by atoms with Crippen molar-refractivity contribution in [2.24, 2.45) is 0 Å². The van der Waals surface area contributed by atoms with Crippen LogP contribution in [0.4, 0.5) is 0 Å². The molecule has 0 bridgehead atoms. The summed E-state index contributed by atoms with van der Waals surface area (Å²) in [7, 11) is 0. The maximum atomic E-state index is 12.2. The predicted octanol–water partition coefficient (Wildman–Crippen LogP) is 3.90. The van der Waals surface area contributed by atoms with Crippen LogP contribution < -0.4 is 10.1 Å². The number of aromatic nitrogens is 3. The molecule has 0 fully saturated rings. The summed E-state index contributed by atoms with van der Waals surface area (Å²) in [5.74, 6) is 1.83. The van der Waals surface area contributed by atoms with Gasteiger partial charge in [0.2, 0.25) is 5.91 Å². The maximum Gasteiger partial charge on any atom is 0.230 e. The van der Waals surface area contributed by atoms with Crippen LogP contribution in [0.3, 0.4) is 0 Å². The molecule has 7 heteroatoms. The molecule has 29 heavy (non-hydrogen) atoms. The van der Waals surface area contributed by atoms with E-state index in [4.69, 9.17) is 4.74 Å². The SMILES string of the molecule is CCn1c(COc2ccc(C)c(C)c2)nnc1SCC(=O)NCc1ccccc1. The molecule has 1 N–H and O–H groups in total. The second-order valence-corrected chi connectivity index (χ2v) is 7.67. The summed E-state index contributed by atoms with van der Waals surface area (Å²) in [6.07, 6.45) is 0. The molecular weight excluding hydrogens is 384 g/mol. The summed E-state index contributed by atoms with van der Waals surface area (Å²) in [6, 6.07) is 15.9. The van der Waals surface area contributed by atoms with Gasteiger partial charge in [-0.3, -0.25) is 4.79 Å². The number of carbonyl (C=O) groups excluding carboxylic acids is 1. The van der Waals surface area contributed by atoms with Crippen LogP contribution in [0.15, 0.2) is 53.7 Å². The molecule has 0 aliphatic heterocycles. The molecule has 1 amide bonds. The average molecular weight is 411 g/mol. The van der Waals surface area contributed by atoms with E-state index in [-0.39, 0.29) is 5.91 Å². The van der Waals surface area contributed by atoms with Crippen LogP contribution in [0, 0.1) is 13.8 Å². The summed E-state index contributed by atoms with van der Waals surface area (Å²) in [6.45, 7) is 7.75. The first-order valence-electron chi connectivity index (χ1n) is 9.62. The number of ether oxygens (including phenoxy) is 1. The van der Waals surface area contributed by atoms with E-state index < -0.39 is 0 Å². The number of nitrogens with zero attached hydrogens (tertiary/aromatic N) is 3. The lowest BCUT2D eigenvalue weighted by molar-refractivity contribution is -0.118. The topological polar surface area (TPSA) is 69.0 Å². The number of carbonyl (C=O) groups is 1. The fourth-order valence-corrected chi connectivity index (χ4v) is 3.63. The van der Waals surface area contributed by atoms with Crippen molar-refractivity contribution >= 4 is 17.7 Å². The third kappa shape index (κ3) is 5.84. The molecule has 0 atom stereocenters. The number of aryl methyl sites for hydroxylation is 2. The van der Waals surface area contributed by atoms with Gasteiger partial charge in [-0.1, -0.05) is 48.2 Å². The highest BCUT2D eigenvalue weighted by Crippen LogP contribution is 2.20. The summed E-state index contributed by atoms with van der Waals surface area (Å²) in [5.41, 5.74) is 3.50. The molecule has 152 valence electrons. The zero-order chi connectivity index (χ0) is 20.6. The van der Waals surface area contributed by atoms with Crippen molar-refractivity contribution < 1.29 is 9.53 Å². The van der Waals surface area contributed by atoms with E-state index in [0.29, 0.717) is 25.4 Å². The van der Waals surface area contributed by atoms with Gasteiger partial charge in [-0.15, -0.1) is 10.2 Å². The number of hydrogen-bond acceptors (Lipinski definition) is 5. The zero-order valence-corrected chi connectivity index (χ0v) is 17.8. The number of thioether (sulfide) groups is 1. The standard InChI is InChI=1S/C22H26N4O2S/c1-4-26-20(14-28-19-11-10-16(2)17(3)12-19)24-25-22(26)29-15-21(27)23-13-18-8-6-5-7-9-18/h5-12H,4,13-15H2,1-3H3,(H,23,27). The lowest BCUT2D eigenvalue weighted by atomic mass is 10.1. The number of hydrogen-bond donors (Lipinski definition) is 1. The smallest absolute Gasteiger partial charge is 0.230 e. The Kier molecular flexibility index (Phi) is 7.30. The number of nitrogens with one attached hydrogen (secondary N) is 1. The lowest BCUT2D eigenvalue weighted by Gasteiger charge is -2.10. The Labute approximate surface area is 175 Å². The summed E-state index contributed by atoms with van der Waals surface area (Å²) < 4.78 is 7.87. The normalized spacial score (nSPS) is 10.7.